The molecule has 0 amide bonds. The molecule has 16 nitrogen and oxygen atoms in total. The molecular formula is C43H68O16. The second-order valence-electron chi connectivity index (χ2n) is 20.8. The first-order chi connectivity index (χ1) is 27.5. The van der Waals surface area contributed by atoms with Gasteiger partial charge < -0.3 is 69.6 Å². The number of carbonyl (C=O) groups excluding carboxylic acids is 1. The van der Waals surface area contributed by atoms with Crippen LogP contribution in [0.15, 0.2) is 11.6 Å². The Morgan fingerprint density at radius 2 is 1.51 bits per heavy atom. The fraction of sp³-hybridized carbons (Fsp3) is 0.907. The van der Waals surface area contributed by atoms with Crippen LogP contribution in [0.25, 0.3) is 0 Å². The predicted molar refractivity (Wildman–Crippen MR) is 206 cm³/mol. The number of carboxylic acids is 1. The maximum atomic E-state index is 13.9. The van der Waals surface area contributed by atoms with Gasteiger partial charge in [0.05, 0.1) is 25.4 Å². The van der Waals surface area contributed by atoms with Crippen molar-refractivity contribution in [3.05, 3.63) is 11.6 Å². The molecule has 0 aromatic heterocycles. The molecule has 0 bridgehead atoms. The number of carbonyl (C=O) groups is 2. The number of rotatable bonds is 9. The first-order valence-electron chi connectivity index (χ1n) is 21.4. The summed E-state index contributed by atoms with van der Waals surface area (Å²) in [5, 5.41) is 95.2. The SMILES string of the molecule is CO[C@@H]1C=C2[C@@H]3C[C@@](C)(CO)CC(=O)[C@]3(C)CC[C@@]2(C)[C@]2(C)CC[C@@H]3[C@](C)(CC[C@H](O[C@@H]4O[C@H](C(=O)O)[C@@H](O)[C@H](O)[C@H]4O[C@@H]4O[C@H](CO)[C@@H](O)[C@H](O)[C@H]4O)[C@]3(C)CO)[C@@H]12. The van der Waals surface area contributed by atoms with Crippen molar-refractivity contribution in [2.75, 3.05) is 26.9 Å². The number of hydrogen-bond acceptors (Lipinski definition) is 15. The number of aliphatic hydroxyl groups is 8. The van der Waals surface area contributed by atoms with Gasteiger partial charge in [0.15, 0.2) is 18.7 Å². The Kier molecular flexibility index (Phi) is 12.0. The van der Waals surface area contributed by atoms with E-state index >= 15 is 0 Å². The van der Waals surface area contributed by atoms with Crippen LogP contribution in [0.4, 0.5) is 0 Å². The molecule has 21 atom stereocenters. The summed E-state index contributed by atoms with van der Waals surface area (Å²) in [4.78, 5) is 26.1. The van der Waals surface area contributed by atoms with Crippen molar-refractivity contribution in [1.82, 2.24) is 0 Å². The lowest BCUT2D eigenvalue weighted by Gasteiger charge is -2.72. The number of allylic oxidation sites excluding steroid dienone is 1. The summed E-state index contributed by atoms with van der Waals surface area (Å²) in [5.41, 5.74) is -1.72. The topological polar surface area (TPSA) is 262 Å². The minimum absolute atomic E-state index is 0.0197. The van der Waals surface area contributed by atoms with Crippen LogP contribution in [-0.4, -0.2) is 158 Å². The highest BCUT2D eigenvalue weighted by atomic mass is 16.8. The number of hydrogen-bond donors (Lipinski definition) is 9. The zero-order valence-electron chi connectivity index (χ0n) is 35.4. The number of carboxylic acid groups (broad SMARTS) is 1. The molecule has 0 spiro atoms. The van der Waals surface area contributed by atoms with E-state index in [0.717, 1.165) is 19.3 Å². The quantitative estimate of drug-likeness (QED) is 0.114. The van der Waals surface area contributed by atoms with E-state index in [1.165, 1.54) is 5.57 Å². The number of aliphatic hydroxyl groups excluding tert-OH is 8. The molecule has 0 radical (unpaired) electrons. The molecule has 2 aliphatic heterocycles. The number of Topliss-reactive ketones (excluding diaryl/α,β-unsaturated/α-hetero) is 1. The van der Waals surface area contributed by atoms with Crippen molar-refractivity contribution in [3.63, 3.8) is 0 Å². The average Bonchev–Trinajstić information content (AvgIpc) is 3.19. The maximum Gasteiger partial charge on any atom is 0.335 e. The van der Waals surface area contributed by atoms with E-state index in [2.05, 4.69) is 33.8 Å². The number of fused-ring (bicyclic) bond motifs is 7. The molecule has 0 aromatic carbocycles. The summed E-state index contributed by atoms with van der Waals surface area (Å²) in [6.07, 6.45) is -11.5. The van der Waals surface area contributed by atoms with Gasteiger partial charge in [-0.1, -0.05) is 53.2 Å². The molecule has 5 aliphatic carbocycles. The van der Waals surface area contributed by atoms with Crippen LogP contribution < -0.4 is 0 Å². The lowest BCUT2D eigenvalue weighted by Crippen LogP contribution is -2.69. The molecule has 4 saturated carbocycles. The summed E-state index contributed by atoms with van der Waals surface area (Å²) >= 11 is 0. The maximum absolute atomic E-state index is 13.9. The van der Waals surface area contributed by atoms with Gasteiger partial charge in [0.2, 0.25) is 0 Å². The third-order valence-electron chi connectivity index (χ3n) is 17.6. The summed E-state index contributed by atoms with van der Waals surface area (Å²) in [5.74, 6) is -1.58. The van der Waals surface area contributed by atoms with Crippen LogP contribution in [0, 0.1) is 50.2 Å². The molecular weight excluding hydrogens is 772 g/mol. The Morgan fingerprint density at radius 1 is 0.814 bits per heavy atom. The van der Waals surface area contributed by atoms with Crippen LogP contribution in [0.3, 0.4) is 0 Å². The van der Waals surface area contributed by atoms with Crippen LogP contribution >= 0.6 is 0 Å². The average molecular weight is 841 g/mol. The number of ketones is 1. The van der Waals surface area contributed by atoms with Gasteiger partial charge in [0.25, 0.3) is 0 Å². The summed E-state index contributed by atoms with van der Waals surface area (Å²) in [6, 6.07) is 0. The first kappa shape index (κ1) is 45.4. The Morgan fingerprint density at radius 3 is 2.12 bits per heavy atom. The van der Waals surface area contributed by atoms with Crippen molar-refractivity contribution in [2.24, 2.45) is 50.2 Å². The van der Waals surface area contributed by atoms with Gasteiger partial charge in [-0.25, -0.2) is 4.79 Å². The zero-order valence-corrected chi connectivity index (χ0v) is 35.4. The molecule has 59 heavy (non-hydrogen) atoms. The van der Waals surface area contributed by atoms with E-state index in [1.54, 1.807) is 7.11 Å². The lowest BCUT2D eigenvalue weighted by atomic mass is 9.33. The highest BCUT2D eigenvalue weighted by Crippen LogP contribution is 2.76. The van der Waals surface area contributed by atoms with E-state index in [-0.39, 0.29) is 53.7 Å². The van der Waals surface area contributed by atoms with Crippen molar-refractivity contribution in [3.8, 4) is 0 Å². The van der Waals surface area contributed by atoms with Gasteiger partial charge in [-0.15, -0.1) is 0 Å². The second kappa shape index (κ2) is 15.6. The molecule has 2 heterocycles. The molecule has 7 rings (SSSR count). The smallest absolute Gasteiger partial charge is 0.335 e. The zero-order chi connectivity index (χ0) is 43.4. The molecule has 2 saturated heterocycles. The van der Waals surface area contributed by atoms with E-state index in [9.17, 15) is 55.5 Å². The van der Waals surface area contributed by atoms with Gasteiger partial charge in [0.1, 0.15) is 48.5 Å². The number of aliphatic carboxylic acids is 1. The molecule has 0 unspecified atom stereocenters. The molecule has 9 N–H and O–H groups in total. The van der Waals surface area contributed by atoms with E-state index in [1.807, 2.05) is 13.8 Å². The van der Waals surface area contributed by atoms with Gasteiger partial charge in [-0.05, 0) is 78.4 Å². The number of methoxy groups -OCH3 is 1. The highest BCUT2D eigenvalue weighted by molar-refractivity contribution is 5.87. The van der Waals surface area contributed by atoms with E-state index in [0.29, 0.717) is 32.1 Å². The Balaban J connectivity index is 1.21. The Hall–Kier alpha value is -1.64. The van der Waals surface area contributed by atoms with Crippen LogP contribution in [-0.2, 0) is 33.3 Å². The first-order valence-corrected chi connectivity index (χ1v) is 21.4. The molecule has 336 valence electrons. The minimum Gasteiger partial charge on any atom is -0.479 e. The van der Waals surface area contributed by atoms with Gasteiger partial charge >= 0.3 is 5.97 Å². The van der Waals surface area contributed by atoms with Crippen LogP contribution in [0.1, 0.15) is 92.9 Å². The summed E-state index contributed by atoms with van der Waals surface area (Å²) in [6.45, 7) is 11.9. The largest absolute Gasteiger partial charge is 0.479 e. The van der Waals surface area contributed by atoms with Gasteiger partial charge in [-0.2, -0.15) is 0 Å². The molecule has 0 aromatic rings. The fourth-order valence-electron chi connectivity index (χ4n) is 13.8. The Labute approximate surface area is 345 Å². The fourth-order valence-corrected chi connectivity index (χ4v) is 13.8. The van der Waals surface area contributed by atoms with Crippen LogP contribution in [0.2, 0.25) is 0 Å². The second-order valence-corrected chi connectivity index (χ2v) is 20.8. The van der Waals surface area contributed by atoms with Crippen molar-refractivity contribution in [2.45, 2.75) is 167 Å². The Bertz CT molecular complexity index is 1640. The number of ether oxygens (including phenoxy) is 5. The van der Waals surface area contributed by atoms with Gasteiger partial charge in [-0.3, -0.25) is 4.79 Å². The molecule has 6 fully saturated rings. The van der Waals surface area contributed by atoms with Crippen molar-refractivity contribution >= 4 is 11.8 Å². The monoisotopic (exact) mass is 840 g/mol. The van der Waals surface area contributed by atoms with Crippen molar-refractivity contribution < 1.29 is 79.2 Å². The van der Waals surface area contributed by atoms with Crippen molar-refractivity contribution in [1.29, 1.82) is 0 Å². The van der Waals surface area contributed by atoms with E-state index in [4.69, 9.17) is 23.7 Å². The van der Waals surface area contributed by atoms with E-state index < -0.39 is 102 Å². The molecule has 7 aliphatic rings. The standard InChI is InChI=1S/C43H68O16/c1-38(18-45)15-21-20-14-22(55-7)34-40(3)10-9-26(41(4,19-46)24(40)8-11-43(34,6)42(20,5)13-12-39(21,2)25(47)16-38)57-37-33(30(51)29(50)32(58-37)35(53)54)59-36-31(52)28(49)27(48)23(17-44)56-36/h14,21-24,26-34,36-37,44-46,48-52H,8-13,15-19H2,1-7H3,(H,53,54)/t21-,22+,23+,24+,26-,27+,28-,29-,30-,31+,32-,33+,34+,36-,37+,38+,39+,40-,41+,42+,43+/m0/s1. The molecule has 16 heteroatoms. The summed E-state index contributed by atoms with van der Waals surface area (Å²) < 4.78 is 30.3. The predicted octanol–water partition coefficient (Wildman–Crippen LogP) is 0.658. The minimum atomic E-state index is -2.00. The third kappa shape index (κ3) is 6.64. The van der Waals surface area contributed by atoms with Crippen LogP contribution in [0.5, 0.6) is 0 Å². The third-order valence-corrected chi connectivity index (χ3v) is 17.6. The highest BCUT2D eigenvalue weighted by Gasteiger charge is 2.72. The van der Waals surface area contributed by atoms with Gasteiger partial charge in [0, 0.05) is 36.9 Å². The lowest BCUT2D eigenvalue weighted by molar-refractivity contribution is -0.376. The summed E-state index contributed by atoms with van der Waals surface area (Å²) in [7, 11) is 1.72. The normalized spacial score (nSPS) is 54.9.